The van der Waals surface area contributed by atoms with Crippen molar-refractivity contribution in [2.45, 2.75) is 6.92 Å². The van der Waals surface area contributed by atoms with E-state index < -0.39 is 0 Å². The molecule has 0 amide bonds. The number of rotatable bonds is 1. The van der Waals surface area contributed by atoms with Crippen LogP contribution in [0.15, 0.2) is 18.9 Å². The van der Waals surface area contributed by atoms with Gasteiger partial charge in [-0.15, -0.1) is 0 Å². The lowest BCUT2D eigenvalue weighted by Gasteiger charge is -1.90. The highest BCUT2D eigenvalue weighted by Crippen LogP contribution is 1.80. The Hall–Kier alpha value is -1.64. The molecule has 0 radical (unpaired) electrons. The maximum atomic E-state index is 5.47. The summed E-state index contributed by atoms with van der Waals surface area (Å²) in [6.45, 7) is 5.48. The van der Waals surface area contributed by atoms with Crippen molar-refractivity contribution in [2.24, 2.45) is 0 Å². The molecule has 1 aromatic rings. The minimum absolute atomic E-state index is 0.435. The maximum Gasteiger partial charge on any atom is 0.142 e. The highest BCUT2D eigenvalue weighted by Gasteiger charge is 1.87. The van der Waals surface area contributed by atoms with Crippen molar-refractivity contribution in [2.75, 3.05) is 5.73 Å². The molecule has 0 unspecified atom stereocenters. The molecule has 0 saturated heterocycles. The van der Waals surface area contributed by atoms with Crippen LogP contribution in [-0.4, -0.2) is 9.97 Å². The van der Waals surface area contributed by atoms with Crippen LogP contribution in [0.3, 0.4) is 0 Å². The Labute approximate surface area is 71.0 Å². The van der Waals surface area contributed by atoms with Gasteiger partial charge in [-0.2, -0.15) is 0 Å². The first-order valence-corrected chi connectivity index (χ1v) is 3.65. The van der Waals surface area contributed by atoms with Gasteiger partial charge in [-0.25, -0.2) is 4.98 Å². The first kappa shape index (κ1) is 8.46. The predicted molar refractivity (Wildman–Crippen MR) is 50.5 cm³/mol. The van der Waals surface area contributed by atoms with E-state index >= 15 is 0 Å². The number of nitrogens with zero attached hydrogens (tertiary/aromatic N) is 2. The summed E-state index contributed by atoms with van der Waals surface area (Å²) in [6, 6.07) is 0. The Kier molecular flexibility index (Phi) is 2.58. The summed E-state index contributed by atoms with van der Waals surface area (Å²) < 4.78 is 0. The number of nitrogen functional groups attached to an aromatic ring is 1. The lowest BCUT2D eigenvalue weighted by Crippen LogP contribution is -2.31. The van der Waals surface area contributed by atoms with Gasteiger partial charge in [0.2, 0.25) is 0 Å². The van der Waals surface area contributed by atoms with Gasteiger partial charge in [0.15, 0.2) is 0 Å². The predicted octanol–water partition coefficient (Wildman–Crippen LogP) is -0.174. The van der Waals surface area contributed by atoms with Gasteiger partial charge in [0.1, 0.15) is 5.82 Å². The largest absolute Gasteiger partial charge is 0.382 e. The number of aromatic nitrogens is 2. The van der Waals surface area contributed by atoms with Gasteiger partial charge in [-0.1, -0.05) is 18.7 Å². The first-order valence-electron chi connectivity index (χ1n) is 3.65. The van der Waals surface area contributed by atoms with Crippen LogP contribution in [-0.2, 0) is 0 Å². The molecule has 12 heavy (non-hydrogen) atoms. The first-order chi connectivity index (χ1) is 5.77. The van der Waals surface area contributed by atoms with Gasteiger partial charge in [0.05, 0.1) is 16.9 Å². The molecule has 0 aliphatic rings. The molecule has 0 bridgehead atoms. The van der Waals surface area contributed by atoms with Crippen LogP contribution in [0.4, 0.5) is 5.82 Å². The fourth-order valence-electron chi connectivity index (χ4n) is 0.880. The molecule has 0 aromatic carbocycles. The third kappa shape index (κ3) is 1.69. The van der Waals surface area contributed by atoms with E-state index in [0.717, 1.165) is 10.7 Å². The lowest BCUT2D eigenvalue weighted by molar-refractivity contribution is 1.11. The van der Waals surface area contributed by atoms with E-state index in [9.17, 15) is 0 Å². The molecule has 1 aromatic heterocycles. The molecule has 3 heteroatoms. The van der Waals surface area contributed by atoms with Gasteiger partial charge in [-0.3, -0.25) is 4.98 Å². The van der Waals surface area contributed by atoms with Crippen LogP contribution < -0.4 is 16.4 Å². The molecule has 62 valence electrons. The number of hydrogen-bond donors (Lipinski definition) is 1. The molecule has 0 saturated carbocycles. The second-order valence-corrected chi connectivity index (χ2v) is 2.26. The zero-order chi connectivity index (χ0) is 8.97. The summed E-state index contributed by atoms with van der Waals surface area (Å²) >= 11 is 0. The summed E-state index contributed by atoms with van der Waals surface area (Å²) in [7, 11) is 0. The van der Waals surface area contributed by atoms with E-state index in [1.165, 1.54) is 6.20 Å². The van der Waals surface area contributed by atoms with Crippen LogP contribution in [0.1, 0.15) is 6.92 Å². The van der Waals surface area contributed by atoms with Crippen molar-refractivity contribution >= 4 is 18.0 Å². The molecule has 0 fully saturated rings. The highest BCUT2D eigenvalue weighted by molar-refractivity contribution is 5.35. The van der Waals surface area contributed by atoms with Gasteiger partial charge in [0.25, 0.3) is 0 Å². The lowest BCUT2D eigenvalue weighted by atomic mass is 10.4. The van der Waals surface area contributed by atoms with Gasteiger partial charge >= 0.3 is 0 Å². The van der Waals surface area contributed by atoms with Crippen molar-refractivity contribution in [3.8, 4) is 0 Å². The standard InChI is InChI=1S/C9H11N3/c1-3-5-8-7(4-2)12-9(10)6-11-8/h3-6H,1H2,2H3,(H2,10,12)/b7-4+,8-5+. The highest BCUT2D eigenvalue weighted by atomic mass is 14.9. The quantitative estimate of drug-likeness (QED) is 0.622. The fraction of sp³-hybridized carbons (Fsp3) is 0.111. The Bertz CT molecular complexity index is 393. The Balaban J connectivity index is 3.52. The van der Waals surface area contributed by atoms with E-state index in [-0.39, 0.29) is 0 Å². The van der Waals surface area contributed by atoms with Crippen LogP contribution in [0.25, 0.3) is 12.2 Å². The van der Waals surface area contributed by atoms with Crippen molar-refractivity contribution in [3.63, 3.8) is 0 Å². The average molecular weight is 161 g/mol. The maximum absolute atomic E-state index is 5.47. The third-order valence-corrected chi connectivity index (χ3v) is 1.40. The number of allylic oxidation sites excluding steroid dienone is 1. The molecule has 0 spiro atoms. The fourth-order valence-corrected chi connectivity index (χ4v) is 0.880. The monoisotopic (exact) mass is 161 g/mol. The molecule has 0 aliphatic heterocycles. The van der Waals surface area contributed by atoms with Crippen LogP contribution in [0.2, 0.25) is 0 Å². The van der Waals surface area contributed by atoms with Crippen LogP contribution >= 0.6 is 0 Å². The Morgan fingerprint density at radius 2 is 2.25 bits per heavy atom. The van der Waals surface area contributed by atoms with Crippen molar-refractivity contribution < 1.29 is 0 Å². The third-order valence-electron chi connectivity index (χ3n) is 1.40. The average Bonchev–Trinajstić information content (AvgIpc) is 2.08. The Morgan fingerprint density at radius 1 is 1.50 bits per heavy atom. The SMILES string of the molecule is C=C/C=c1/ncc(N)n/c1=C/C. The minimum Gasteiger partial charge on any atom is -0.382 e. The van der Waals surface area contributed by atoms with E-state index in [4.69, 9.17) is 5.73 Å². The van der Waals surface area contributed by atoms with Crippen LogP contribution in [0, 0.1) is 0 Å². The van der Waals surface area contributed by atoms with Gasteiger partial charge in [-0.05, 0) is 13.0 Å². The van der Waals surface area contributed by atoms with Crippen molar-refractivity contribution in [3.05, 3.63) is 29.6 Å². The zero-order valence-electron chi connectivity index (χ0n) is 6.99. The summed E-state index contributed by atoms with van der Waals surface area (Å²) in [6.07, 6.45) is 6.86. The molecule has 0 atom stereocenters. The molecular formula is C9H11N3. The minimum atomic E-state index is 0.435. The van der Waals surface area contributed by atoms with E-state index in [1.807, 2.05) is 13.0 Å². The zero-order valence-corrected chi connectivity index (χ0v) is 6.99. The topological polar surface area (TPSA) is 51.8 Å². The molecule has 3 nitrogen and oxygen atoms in total. The Morgan fingerprint density at radius 3 is 2.83 bits per heavy atom. The van der Waals surface area contributed by atoms with Crippen molar-refractivity contribution in [1.29, 1.82) is 0 Å². The van der Waals surface area contributed by atoms with Crippen LogP contribution in [0.5, 0.6) is 0 Å². The summed E-state index contributed by atoms with van der Waals surface area (Å²) in [4.78, 5) is 8.18. The summed E-state index contributed by atoms with van der Waals surface area (Å²) in [5, 5.41) is 1.58. The smallest absolute Gasteiger partial charge is 0.142 e. The molecular weight excluding hydrogens is 150 g/mol. The summed E-state index contributed by atoms with van der Waals surface area (Å²) in [5.74, 6) is 0.435. The number of anilines is 1. The molecule has 1 heterocycles. The molecule has 0 aliphatic carbocycles. The normalized spacial score (nSPS) is 13.4. The van der Waals surface area contributed by atoms with Gasteiger partial charge in [0, 0.05) is 0 Å². The van der Waals surface area contributed by atoms with Gasteiger partial charge < -0.3 is 5.73 Å². The van der Waals surface area contributed by atoms with E-state index in [2.05, 4.69) is 16.5 Å². The molecule has 1 rings (SSSR count). The van der Waals surface area contributed by atoms with E-state index in [0.29, 0.717) is 5.82 Å². The second-order valence-electron chi connectivity index (χ2n) is 2.26. The molecule has 2 N–H and O–H groups in total. The van der Waals surface area contributed by atoms with Crippen molar-refractivity contribution in [1.82, 2.24) is 9.97 Å². The van der Waals surface area contributed by atoms with E-state index in [1.54, 1.807) is 12.2 Å². The second kappa shape index (κ2) is 3.67. The number of hydrogen-bond acceptors (Lipinski definition) is 3. The number of nitrogens with two attached hydrogens (primary N) is 1. The summed E-state index contributed by atoms with van der Waals surface area (Å²) in [5.41, 5.74) is 5.47.